The quantitative estimate of drug-likeness (QED) is 0.605. The molecule has 3 heteroatoms. The summed E-state index contributed by atoms with van der Waals surface area (Å²) in [6.45, 7) is 0. The third-order valence-corrected chi connectivity index (χ3v) is 1.07. The first-order valence-electron chi connectivity index (χ1n) is 4.12. The Kier molecular flexibility index (Phi) is 0.974. The fraction of sp³-hybridized carbons (Fsp3) is 0.143. The maximum Gasteiger partial charge on any atom is 0.165 e. The second kappa shape index (κ2) is 2.56. The number of benzene rings is 1. The van der Waals surface area contributed by atoms with Crippen LogP contribution in [0.2, 0.25) is 0 Å². The van der Waals surface area contributed by atoms with Crippen LogP contribution in [-0.2, 0) is 0 Å². The van der Waals surface area contributed by atoms with Crippen LogP contribution in [0.4, 0.5) is 10.1 Å². The van der Waals surface area contributed by atoms with E-state index in [9.17, 15) is 4.39 Å². The number of halogens is 1. The zero-order valence-electron chi connectivity index (χ0n) is 8.10. The minimum atomic E-state index is -2.66. The van der Waals surface area contributed by atoms with E-state index in [0.29, 0.717) is 0 Å². The Morgan fingerprint density at radius 1 is 1.70 bits per heavy atom. The van der Waals surface area contributed by atoms with Crippen molar-refractivity contribution in [2.24, 2.45) is 0 Å². The number of methoxy groups -OCH3 is 1. The van der Waals surface area contributed by atoms with Gasteiger partial charge in [0.2, 0.25) is 0 Å². The largest absolute Gasteiger partial charge is 0.494 e. The van der Waals surface area contributed by atoms with Crippen molar-refractivity contribution in [2.45, 2.75) is 0 Å². The summed E-state index contributed by atoms with van der Waals surface area (Å²) in [6.07, 6.45) is 0. The molecule has 0 amide bonds. The van der Waals surface area contributed by atoms with E-state index in [2.05, 4.69) is 4.74 Å². The Bertz CT molecular complexity index is 313. The lowest BCUT2D eigenvalue weighted by Gasteiger charge is -2.00. The molecule has 0 aliphatic heterocycles. The topological polar surface area (TPSA) is 35.2 Å². The summed E-state index contributed by atoms with van der Waals surface area (Å²) in [5.41, 5.74) is 5.57. The minimum Gasteiger partial charge on any atom is -0.494 e. The molecule has 0 atom stereocenters. The molecule has 0 aliphatic carbocycles. The lowest BCUT2D eigenvalue weighted by atomic mass is 10.3. The Morgan fingerprint density at radius 3 is 3.20 bits per heavy atom. The van der Waals surface area contributed by atoms with Crippen molar-refractivity contribution < 1.29 is 13.2 Å². The SMILES string of the molecule is [2H]C([2H])([2H])Oc1cc(N)ccc1F. The average Bonchev–Trinajstić information content (AvgIpc) is 1.94. The first-order valence-corrected chi connectivity index (χ1v) is 2.62. The van der Waals surface area contributed by atoms with E-state index in [1.165, 1.54) is 6.07 Å². The molecule has 2 N–H and O–H groups in total. The molecule has 0 saturated carbocycles. The summed E-state index contributed by atoms with van der Waals surface area (Å²) in [7, 11) is -2.66. The molecule has 0 unspecified atom stereocenters. The van der Waals surface area contributed by atoms with Crippen LogP contribution in [0.3, 0.4) is 0 Å². The molecule has 54 valence electrons. The van der Waals surface area contributed by atoms with Crippen molar-refractivity contribution in [2.75, 3.05) is 12.8 Å². The van der Waals surface area contributed by atoms with E-state index in [-0.39, 0.29) is 11.4 Å². The van der Waals surface area contributed by atoms with Crippen LogP contribution in [-0.4, -0.2) is 7.04 Å². The molecule has 1 aromatic rings. The highest BCUT2D eigenvalue weighted by molar-refractivity contribution is 5.44. The van der Waals surface area contributed by atoms with E-state index in [1.54, 1.807) is 0 Å². The molecule has 0 saturated heterocycles. The maximum absolute atomic E-state index is 12.9. The summed E-state index contributed by atoms with van der Waals surface area (Å²) >= 11 is 0. The molecule has 0 aromatic heterocycles. The van der Waals surface area contributed by atoms with Crippen LogP contribution in [0.25, 0.3) is 0 Å². The van der Waals surface area contributed by atoms with Crippen molar-refractivity contribution in [3.63, 3.8) is 0 Å². The van der Waals surface area contributed by atoms with E-state index in [4.69, 9.17) is 9.85 Å². The van der Waals surface area contributed by atoms with Gasteiger partial charge in [-0.05, 0) is 12.1 Å². The van der Waals surface area contributed by atoms with Crippen LogP contribution in [0, 0.1) is 5.82 Å². The third-order valence-electron chi connectivity index (χ3n) is 1.07. The standard InChI is InChI=1S/C7H8FNO/c1-10-7-4-5(9)2-3-6(7)8/h2-4H,9H2,1H3/i1D3. The molecule has 0 heterocycles. The van der Waals surface area contributed by atoms with Gasteiger partial charge in [0, 0.05) is 11.8 Å². The normalized spacial score (nSPS) is 15.1. The highest BCUT2D eigenvalue weighted by atomic mass is 19.1. The van der Waals surface area contributed by atoms with E-state index >= 15 is 0 Å². The van der Waals surface area contributed by atoms with Crippen molar-refractivity contribution >= 4 is 5.69 Å². The molecule has 0 radical (unpaired) electrons. The van der Waals surface area contributed by atoms with Gasteiger partial charge in [0.15, 0.2) is 11.6 Å². The Labute approximate surface area is 62.6 Å². The lowest BCUT2D eigenvalue weighted by molar-refractivity contribution is 0.387. The van der Waals surface area contributed by atoms with Crippen molar-refractivity contribution in [1.29, 1.82) is 0 Å². The lowest BCUT2D eigenvalue weighted by Crippen LogP contribution is -1.90. The van der Waals surface area contributed by atoms with Gasteiger partial charge < -0.3 is 10.5 Å². The molecule has 0 spiro atoms. The summed E-state index contributed by atoms with van der Waals surface area (Å²) in [4.78, 5) is 0. The molecule has 0 bridgehead atoms. The van der Waals surface area contributed by atoms with Gasteiger partial charge in [-0.1, -0.05) is 0 Å². The maximum atomic E-state index is 12.9. The predicted molar refractivity (Wildman–Crippen MR) is 37.4 cm³/mol. The number of nitrogens with two attached hydrogens (primary N) is 1. The summed E-state index contributed by atoms with van der Waals surface area (Å²) in [5.74, 6) is -1.11. The molecular weight excluding hydrogens is 133 g/mol. The number of anilines is 1. The summed E-state index contributed by atoms with van der Waals surface area (Å²) in [5, 5.41) is 0. The summed E-state index contributed by atoms with van der Waals surface area (Å²) in [6, 6.07) is 3.50. The minimum absolute atomic E-state index is 0.251. The number of hydrogen-bond donors (Lipinski definition) is 1. The van der Waals surface area contributed by atoms with Crippen LogP contribution >= 0.6 is 0 Å². The van der Waals surface area contributed by atoms with E-state index in [1.807, 2.05) is 0 Å². The number of hydrogen-bond acceptors (Lipinski definition) is 2. The van der Waals surface area contributed by atoms with Gasteiger partial charge in [-0.2, -0.15) is 0 Å². The molecule has 1 aromatic carbocycles. The van der Waals surface area contributed by atoms with Crippen LogP contribution in [0.5, 0.6) is 5.75 Å². The van der Waals surface area contributed by atoms with Gasteiger partial charge >= 0.3 is 0 Å². The second-order valence-electron chi connectivity index (χ2n) is 1.79. The first kappa shape index (κ1) is 3.81. The van der Waals surface area contributed by atoms with Gasteiger partial charge in [-0.25, -0.2) is 4.39 Å². The van der Waals surface area contributed by atoms with Crippen molar-refractivity contribution in [1.82, 2.24) is 0 Å². The second-order valence-corrected chi connectivity index (χ2v) is 1.79. The molecule has 1 rings (SSSR count). The van der Waals surface area contributed by atoms with Crippen LogP contribution in [0.15, 0.2) is 18.2 Å². The molecule has 0 aliphatic rings. The van der Waals surface area contributed by atoms with E-state index in [0.717, 1.165) is 12.1 Å². The molecule has 10 heavy (non-hydrogen) atoms. The molecule has 0 fully saturated rings. The van der Waals surface area contributed by atoms with Crippen molar-refractivity contribution in [3.8, 4) is 5.75 Å². The Hall–Kier alpha value is -1.25. The zero-order valence-corrected chi connectivity index (χ0v) is 5.10. The zero-order chi connectivity index (χ0) is 10.1. The highest BCUT2D eigenvalue weighted by Crippen LogP contribution is 2.18. The number of nitrogen functional groups attached to an aromatic ring is 1. The van der Waals surface area contributed by atoms with Crippen molar-refractivity contribution in [3.05, 3.63) is 24.0 Å². The first-order chi connectivity index (χ1) is 5.88. The van der Waals surface area contributed by atoms with Gasteiger partial charge in [0.05, 0.1) is 11.2 Å². The highest BCUT2D eigenvalue weighted by Gasteiger charge is 1.99. The predicted octanol–water partition coefficient (Wildman–Crippen LogP) is 1.42. The number of rotatable bonds is 1. The smallest absolute Gasteiger partial charge is 0.165 e. The fourth-order valence-corrected chi connectivity index (χ4v) is 0.598. The Balaban J connectivity index is 2.94. The van der Waals surface area contributed by atoms with Gasteiger partial charge in [0.1, 0.15) is 0 Å². The monoisotopic (exact) mass is 144 g/mol. The van der Waals surface area contributed by atoms with Gasteiger partial charge in [-0.3, -0.25) is 0 Å². The molecular formula is C7H8FNO. The van der Waals surface area contributed by atoms with Gasteiger partial charge in [0.25, 0.3) is 0 Å². The van der Waals surface area contributed by atoms with E-state index < -0.39 is 12.9 Å². The molecule has 2 nitrogen and oxygen atoms in total. The third kappa shape index (κ3) is 1.18. The number of ether oxygens (including phenoxy) is 1. The van der Waals surface area contributed by atoms with Crippen LogP contribution < -0.4 is 10.5 Å². The fourth-order valence-electron chi connectivity index (χ4n) is 0.598. The van der Waals surface area contributed by atoms with Crippen LogP contribution in [0.1, 0.15) is 4.11 Å². The summed E-state index contributed by atoms with van der Waals surface area (Å²) < 4.78 is 37.4. The average molecular weight is 144 g/mol. The van der Waals surface area contributed by atoms with Gasteiger partial charge in [-0.15, -0.1) is 0 Å². The Morgan fingerprint density at radius 2 is 2.50 bits per heavy atom.